The van der Waals surface area contributed by atoms with Crippen molar-refractivity contribution in [3.63, 3.8) is 0 Å². The van der Waals surface area contributed by atoms with Gasteiger partial charge in [-0.3, -0.25) is 4.79 Å². The molecule has 1 saturated carbocycles. The largest absolute Gasteiger partial charge is 0.497 e. The summed E-state index contributed by atoms with van der Waals surface area (Å²) in [5, 5.41) is 16.1. The van der Waals surface area contributed by atoms with E-state index in [1.165, 1.54) is 7.11 Å². The first-order chi connectivity index (χ1) is 18.0. The highest BCUT2D eigenvalue weighted by atomic mass is 16.6. The van der Waals surface area contributed by atoms with Crippen LogP contribution in [0.5, 0.6) is 23.0 Å². The number of carbonyl (C=O) groups is 1. The molecule has 5 atom stereocenters. The molecule has 0 aromatic heterocycles. The van der Waals surface area contributed by atoms with Gasteiger partial charge in [-0.2, -0.15) is 0 Å². The third-order valence-electron chi connectivity index (χ3n) is 7.93. The minimum absolute atomic E-state index is 0.190. The number of aliphatic hydroxyl groups is 1. The van der Waals surface area contributed by atoms with Gasteiger partial charge in [-0.05, 0) is 23.3 Å². The van der Waals surface area contributed by atoms with Crippen LogP contribution in [-0.2, 0) is 20.7 Å². The molecule has 0 spiro atoms. The van der Waals surface area contributed by atoms with E-state index in [0.29, 0.717) is 40.7 Å². The van der Waals surface area contributed by atoms with Gasteiger partial charge in [-0.1, -0.05) is 42.5 Å². The number of nitrogens with one attached hydrogen (secondary N) is 1. The molecular formula is C29H29NO7. The van der Waals surface area contributed by atoms with Crippen molar-refractivity contribution in [3.05, 3.63) is 83.4 Å². The van der Waals surface area contributed by atoms with Gasteiger partial charge >= 0.3 is 0 Å². The van der Waals surface area contributed by atoms with Gasteiger partial charge in [0.1, 0.15) is 29.1 Å². The van der Waals surface area contributed by atoms with E-state index in [1.54, 1.807) is 26.4 Å². The van der Waals surface area contributed by atoms with Gasteiger partial charge in [0, 0.05) is 24.6 Å². The fourth-order valence-electron chi connectivity index (χ4n) is 6.47. The standard InChI is InChI=1S/C29H29NO7/c1-33-19-11-9-18(10-12-19)29-24(17-7-5-4-6-8-17)23-26(36-14-13-30-27(23)31)28(29,32)25-21(35-3)15-20(34-2)16-22(25)37-29/h4-12,15-16,23-24,26,32H,13-14H2,1-3H3,(H,30,31). The molecule has 8 nitrogen and oxygen atoms in total. The van der Waals surface area contributed by atoms with Crippen LogP contribution in [0.2, 0.25) is 0 Å². The van der Waals surface area contributed by atoms with E-state index in [0.717, 1.165) is 5.56 Å². The molecule has 37 heavy (non-hydrogen) atoms. The molecule has 5 unspecified atom stereocenters. The average molecular weight is 504 g/mol. The summed E-state index contributed by atoms with van der Waals surface area (Å²) in [6, 6.07) is 20.5. The lowest BCUT2D eigenvalue weighted by atomic mass is 9.70. The van der Waals surface area contributed by atoms with Gasteiger partial charge in [0.2, 0.25) is 5.91 Å². The van der Waals surface area contributed by atoms with E-state index in [9.17, 15) is 9.90 Å². The Labute approximate surface area is 215 Å². The van der Waals surface area contributed by atoms with Crippen molar-refractivity contribution in [3.8, 4) is 23.0 Å². The third-order valence-corrected chi connectivity index (χ3v) is 7.93. The van der Waals surface area contributed by atoms with Crippen molar-refractivity contribution >= 4 is 5.91 Å². The molecular weight excluding hydrogens is 474 g/mol. The van der Waals surface area contributed by atoms with Crippen molar-refractivity contribution in [1.29, 1.82) is 0 Å². The van der Waals surface area contributed by atoms with E-state index >= 15 is 0 Å². The number of ether oxygens (including phenoxy) is 5. The van der Waals surface area contributed by atoms with Gasteiger partial charge in [0.05, 0.1) is 39.4 Å². The average Bonchev–Trinajstić information content (AvgIpc) is 3.22. The maximum absolute atomic E-state index is 13.7. The maximum Gasteiger partial charge on any atom is 0.226 e. The van der Waals surface area contributed by atoms with Crippen molar-refractivity contribution in [2.45, 2.75) is 23.2 Å². The fourth-order valence-corrected chi connectivity index (χ4v) is 6.47. The van der Waals surface area contributed by atoms with E-state index < -0.39 is 29.1 Å². The Balaban J connectivity index is 1.71. The molecule has 0 radical (unpaired) electrons. The molecule has 8 heteroatoms. The van der Waals surface area contributed by atoms with Crippen LogP contribution in [0.15, 0.2) is 66.7 Å². The first-order valence-electron chi connectivity index (χ1n) is 12.3. The molecule has 2 aliphatic heterocycles. The van der Waals surface area contributed by atoms with E-state index in [-0.39, 0.29) is 12.5 Å². The van der Waals surface area contributed by atoms with Gasteiger partial charge in [0.25, 0.3) is 0 Å². The quantitative estimate of drug-likeness (QED) is 0.553. The number of methoxy groups -OCH3 is 3. The number of carbonyl (C=O) groups excluding carboxylic acids is 1. The molecule has 192 valence electrons. The summed E-state index contributed by atoms with van der Waals surface area (Å²) in [6.07, 6.45) is -0.911. The Bertz CT molecular complexity index is 1330. The maximum atomic E-state index is 13.7. The summed E-state index contributed by atoms with van der Waals surface area (Å²) in [6.45, 7) is 0.607. The predicted molar refractivity (Wildman–Crippen MR) is 134 cm³/mol. The first kappa shape index (κ1) is 23.6. The first-order valence-corrected chi connectivity index (χ1v) is 12.3. The summed E-state index contributed by atoms with van der Waals surface area (Å²) in [4.78, 5) is 13.7. The summed E-state index contributed by atoms with van der Waals surface area (Å²) in [7, 11) is 4.70. The molecule has 1 amide bonds. The Kier molecular flexibility index (Phi) is 5.54. The zero-order chi connectivity index (χ0) is 25.8. The van der Waals surface area contributed by atoms with Crippen LogP contribution in [0.4, 0.5) is 0 Å². The van der Waals surface area contributed by atoms with Crippen LogP contribution in [-0.4, -0.2) is 51.6 Å². The second-order valence-electron chi connectivity index (χ2n) is 9.53. The lowest BCUT2D eigenvalue weighted by Crippen LogP contribution is -2.52. The zero-order valence-electron chi connectivity index (χ0n) is 20.9. The highest BCUT2D eigenvalue weighted by Crippen LogP contribution is 2.71. The smallest absolute Gasteiger partial charge is 0.226 e. The highest BCUT2D eigenvalue weighted by Gasteiger charge is 2.78. The van der Waals surface area contributed by atoms with Crippen molar-refractivity contribution in [1.82, 2.24) is 5.32 Å². The van der Waals surface area contributed by atoms with E-state index in [1.807, 2.05) is 54.6 Å². The molecule has 6 rings (SSSR count). The highest BCUT2D eigenvalue weighted by molar-refractivity contribution is 5.83. The summed E-state index contributed by atoms with van der Waals surface area (Å²) in [5.74, 6) is 0.474. The van der Waals surface area contributed by atoms with Gasteiger partial charge in [-0.25, -0.2) is 0 Å². The Hall–Kier alpha value is -3.75. The van der Waals surface area contributed by atoms with Crippen LogP contribution in [0, 0.1) is 5.92 Å². The number of hydrogen-bond acceptors (Lipinski definition) is 7. The minimum atomic E-state index is -1.78. The van der Waals surface area contributed by atoms with Crippen molar-refractivity contribution in [2.24, 2.45) is 5.92 Å². The minimum Gasteiger partial charge on any atom is -0.497 e. The topological polar surface area (TPSA) is 95.5 Å². The van der Waals surface area contributed by atoms with Crippen LogP contribution >= 0.6 is 0 Å². The van der Waals surface area contributed by atoms with E-state index in [2.05, 4.69) is 5.32 Å². The number of hydrogen-bond donors (Lipinski definition) is 2. The van der Waals surface area contributed by atoms with Crippen molar-refractivity contribution < 1.29 is 33.6 Å². The van der Waals surface area contributed by atoms with Crippen LogP contribution in [0.1, 0.15) is 22.6 Å². The molecule has 3 aliphatic rings. The normalized spacial score (nSPS) is 29.7. The number of rotatable bonds is 5. The molecule has 2 N–H and O–H groups in total. The second kappa shape index (κ2) is 8.68. The molecule has 2 fully saturated rings. The molecule has 2 heterocycles. The Morgan fingerprint density at radius 2 is 1.68 bits per heavy atom. The number of fused-ring (bicyclic) bond motifs is 5. The second-order valence-corrected chi connectivity index (χ2v) is 9.53. The zero-order valence-corrected chi connectivity index (χ0v) is 20.9. The van der Waals surface area contributed by atoms with Gasteiger partial charge < -0.3 is 34.1 Å². The fraction of sp³-hybridized carbons (Fsp3) is 0.345. The monoisotopic (exact) mass is 503 g/mol. The number of amides is 1. The van der Waals surface area contributed by atoms with Crippen LogP contribution in [0.3, 0.4) is 0 Å². The lowest BCUT2D eigenvalue weighted by Gasteiger charge is -2.41. The molecule has 1 saturated heterocycles. The Morgan fingerprint density at radius 3 is 2.35 bits per heavy atom. The number of benzene rings is 3. The molecule has 3 aromatic rings. The molecule has 3 aromatic carbocycles. The predicted octanol–water partition coefficient (Wildman–Crippen LogP) is 3.12. The third kappa shape index (κ3) is 3.12. The molecule has 1 aliphatic carbocycles. The van der Waals surface area contributed by atoms with E-state index in [4.69, 9.17) is 23.7 Å². The lowest BCUT2D eigenvalue weighted by molar-refractivity contribution is -0.167. The van der Waals surface area contributed by atoms with Gasteiger partial charge in [0.15, 0.2) is 11.2 Å². The van der Waals surface area contributed by atoms with Crippen LogP contribution < -0.4 is 24.3 Å². The SMILES string of the molecule is COc1ccc(C23Oc4cc(OC)cc(OC)c4C2(O)C2OCCNC(=O)C2C3c2ccccc2)cc1. The van der Waals surface area contributed by atoms with Crippen LogP contribution in [0.25, 0.3) is 0 Å². The van der Waals surface area contributed by atoms with Crippen molar-refractivity contribution in [2.75, 3.05) is 34.5 Å². The summed E-state index contributed by atoms with van der Waals surface area (Å²) < 4.78 is 29.9. The summed E-state index contributed by atoms with van der Waals surface area (Å²) in [5.41, 5.74) is -1.22. The Morgan fingerprint density at radius 1 is 0.946 bits per heavy atom. The van der Waals surface area contributed by atoms with Gasteiger partial charge in [-0.15, -0.1) is 0 Å². The molecule has 0 bridgehead atoms. The summed E-state index contributed by atoms with van der Waals surface area (Å²) >= 11 is 0.